The Bertz CT molecular complexity index is 458. The second-order valence-corrected chi connectivity index (χ2v) is 6.17. The second kappa shape index (κ2) is 6.03. The Labute approximate surface area is 118 Å². The molecule has 1 aliphatic heterocycles. The van der Waals surface area contributed by atoms with Crippen molar-refractivity contribution in [1.82, 2.24) is 4.90 Å². The molecule has 1 aromatic heterocycles. The molecule has 4 nitrogen and oxygen atoms in total. The number of aliphatic hydroxyl groups excluding tert-OH is 1. The minimum Gasteiger partial charge on any atom is -0.394 e. The van der Waals surface area contributed by atoms with Gasteiger partial charge >= 0.3 is 0 Å². The van der Waals surface area contributed by atoms with E-state index in [1.165, 1.54) is 10.4 Å². The van der Waals surface area contributed by atoms with Crippen molar-refractivity contribution in [3.05, 3.63) is 21.4 Å². The summed E-state index contributed by atoms with van der Waals surface area (Å²) < 4.78 is 5.56. The first kappa shape index (κ1) is 14.5. The smallest absolute Gasteiger partial charge is 0.264 e. The zero-order chi connectivity index (χ0) is 14.0. The van der Waals surface area contributed by atoms with E-state index in [1.807, 2.05) is 19.9 Å². The number of aliphatic hydroxyl groups is 1. The third kappa shape index (κ3) is 3.16. The Morgan fingerprint density at radius 3 is 2.89 bits per heavy atom. The average molecular weight is 283 g/mol. The van der Waals surface area contributed by atoms with Crippen LogP contribution in [-0.2, 0) is 11.2 Å². The molecule has 0 aromatic carbocycles. The first-order valence-corrected chi connectivity index (χ1v) is 7.51. The zero-order valence-electron chi connectivity index (χ0n) is 11.7. The molecule has 5 heteroatoms. The molecule has 2 atom stereocenters. The zero-order valence-corrected chi connectivity index (χ0v) is 12.5. The number of aryl methyl sites for hydroxylation is 2. The number of thiophene rings is 1. The quantitative estimate of drug-likeness (QED) is 0.921. The van der Waals surface area contributed by atoms with Crippen LogP contribution in [0.1, 0.15) is 34.0 Å². The van der Waals surface area contributed by atoms with Crippen molar-refractivity contribution in [1.29, 1.82) is 0 Å². The molecule has 106 valence electrons. The van der Waals surface area contributed by atoms with E-state index in [0.717, 1.165) is 11.3 Å². The average Bonchev–Trinajstić information content (AvgIpc) is 2.78. The Kier molecular flexibility index (Phi) is 4.60. The topological polar surface area (TPSA) is 49.8 Å². The number of hydrogen-bond donors (Lipinski definition) is 1. The van der Waals surface area contributed by atoms with Crippen LogP contribution >= 0.6 is 11.3 Å². The number of rotatable bonds is 3. The van der Waals surface area contributed by atoms with Crippen LogP contribution in [0, 0.1) is 6.92 Å². The van der Waals surface area contributed by atoms with Crippen LogP contribution in [0.5, 0.6) is 0 Å². The molecule has 2 rings (SSSR count). The Balaban J connectivity index is 2.13. The van der Waals surface area contributed by atoms with Crippen molar-refractivity contribution >= 4 is 17.2 Å². The fourth-order valence-electron chi connectivity index (χ4n) is 2.44. The van der Waals surface area contributed by atoms with Gasteiger partial charge in [0.05, 0.1) is 23.7 Å². The lowest BCUT2D eigenvalue weighted by atomic mass is 10.2. The molecule has 0 spiro atoms. The summed E-state index contributed by atoms with van der Waals surface area (Å²) in [5.74, 6) is 0.0569. The molecule has 0 saturated carbocycles. The SMILES string of the molecule is CCc1sc(C(=O)N2CC(C)OC(CO)C2)cc1C. The molecule has 1 N–H and O–H groups in total. The summed E-state index contributed by atoms with van der Waals surface area (Å²) in [6.07, 6.45) is 0.670. The van der Waals surface area contributed by atoms with Gasteiger partial charge in [-0.2, -0.15) is 0 Å². The summed E-state index contributed by atoms with van der Waals surface area (Å²) in [5.41, 5.74) is 1.19. The molecule has 19 heavy (non-hydrogen) atoms. The molecule has 1 aromatic rings. The number of carbonyl (C=O) groups is 1. The van der Waals surface area contributed by atoms with E-state index >= 15 is 0 Å². The van der Waals surface area contributed by atoms with Gasteiger partial charge in [-0.1, -0.05) is 6.92 Å². The largest absolute Gasteiger partial charge is 0.394 e. The Hall–Kier alpha value is -0.910. The number of amides is 1. The summed E-state index contributed by atoms with van der Waals surface area (Å²) in [7, 11) is 0. The van der Waals surface area contributed by atoms with E-state index in [2.05, 4.69) is 6.92 Å². The van der Waals surface area contributed by atoms with Gasteiger partial charge in [-0.3, -0.25) is 4.79 Å². The van der Waals surface area contributed by atoms with Crippen LogP contribution < -0.4 is 0 Å². The van der Waals surface area contributed by atoms with E-state index in [9.17, 15) is 9.90 Å². The highest BCUT2D eigenvalue weighted by Gasteiger charge is 2.29. The van der Waals surface area contributed by atoms with E-state index in [0.29, 0.717) is 13.1 Å². The standard InChI is InChI=1S/C14H21NO3S/c1-4-12-9(2)5-13(19-12)14(17)15-6-10(3)18-11(7-15)8-16/h5,10-11,16H,4,6-8H2,1-3H3. The maximum Gasteiger partial charge on any atom is 0.264 e. The number of carbonyl (C=O) groups excluding carboxylic acids is 1. The molecular weight excluding hydrogens is 262 g/mol. The molecule has 0 aliphatic carbocycles. The van der Waals surface area contributed by atoms with Crippen molar-refractivity contribution in [3.8, 4) is 0 Å². The van der Waals surface area contributed by atoms with E-state index in [-0.39, 0.29) is 24.7 Å². The molecule has 1 aliphatic rings. The molecule has 0 bridgehead atoms. The summed E-state index contributed by atoms with van der Waals surface area (Å²) in [6, 6.07) is 1.97. The van der Waals surface area contributed by atoms with Gasteiger partial charge in [0, 0.05) is 18.0 Å². The first-order valence-electron chi connectivity index (χ1n) is 6.70. The van der Waals surface area contributed by atoms with Crippen LogP contribution in [0.3, 0.4) is 0 Å². The number of morpholine rings is 1. The molecule has 1 amide bonds. The van der Waals surface area contributed by atoms with Gasteiger partial charge in [-0.25, -0.2) is 0 Å². The van der Waals surface area contributed by atoms with Gasteiger partial charge in [0.25, 0.3) is 5.91 Å². The number of nitrogens with zero attached hydrogens (tertiary/aromatic N) is 1. The predicted molar refractivity (Wildman–Crippen MR) is 75.8 cm³/mol. The highest BCUT2D eigenvalue weighted by atomic mass is 32.1. The third-order valence-corrected chi connectivity index (χ3v) is 4.74. The van der Waals surface area contributed by atoms with E-state index in [1.54, 1.807) is 16.2 Å². The summed E-state index contributed by atoms with van der Waals surface area (Å²) in [4.78, 5) is 16.3. The summed E-state index contributed by atoms with van der Waals surface area (Å²) in [6.45, 7) is 7.10. The van der Waals surface area contributed by atoms with Gasteiger partial charge < -0.3 is 14.7 Å². The van der Waals surface area contributed by atoms with E-state index in [4.69, 9.17) is 4.74 Å². The Morgan fingerprint density at radius 2 is 2.32 bits per heavy atom. The van der Waals surface area contributed by atoms with Gasteiger partial charge in [-0.05, 0) is 31.9 Å². The summed E-state index contributed by atoms with van der Waals surface area (Å²) in [5, 5.41) is 9.20. The lowest BCUT2D eigenvalue weighted by Crippen LogP contribution is -2.50. The van der Waals surface area contributed by atoms with Gasteiger partial charge in [0.15, 0.2) is 0 Å². The van der Waals surface area contributed by atoms with Crippen molar-refractivity contribution in [2.45, 2.75) is 39.4 Å². The highest BCUT2D eigenvalue weighted by molar-refractivity contribution is 7.14. The van der Waals surface area contributed by atoms with E-state index < -0.39 is 0 Å². The second-order valence-electron chi connectivity index (χ2n) is 5.03. The fraction of sp³-hybridized carbons (Fsp3) is 0.643. The molecular formula is C14H21NO3S. The third-order valence-electron chi connectivity index (χ3n) is 3.37. The monoisotopic (exact) mass is 283 g/mol. The van der Waals surface area contributed by atoms with Crippen LogP contribution in [0.4, 0.5) is 0 Å². The van der Waals surface area contributed by atoms with Crippen molar-refractivity contribution in [2.75, 3.05) is 19.7 Å². The summed E-state index contributed by atoms with van der Waals surface area (Å²) >= 11 is 1.58. The lowest BCUT2D eigenvalue weighted by molar-refractivity contribution is -0.0857. The normalized spacial score (nSPS) is 23.7. The predicted octanol–water partition coefficient (Wildman–Crippen LogP) is 1.84. The molecule has 1 saturated heterocycles. The highest BCUT2D eigenvalue weighted by Crippen LogP contribution is 2.25. The van der Waals surface area contributed by atoms with Crippen LogP contribution in [0.2, 0.25) is 0 Å². The maximum absolute atomic E-state index is 12.5. The van der Waals surface area contributed by atoms with Crippen LogP contribution in [0.25, 0.3) is 0 Å². The first-order chi connectivity index (χ1) is 9.05. The van der Waals surface area contributed by atoms with Crippen molar-refractivity contribution in [3.63, 3.8) is 0 Å². The maximum atomic E-state index is 12.5. The fourth-order valence-corrected chi connectivity index (χ4v) is 3.53. The van der Waals surface area contributed by atoms with Gasteiger partial charge in [0.2, 0.25) is 0 Å². The number of ether oxygens (including phenoxy) is 1. The molecule has 0 radical (unpaired) electrons. The minimum atomic E-state index is -0.264. The minimum absolute atomic E-state index is 0.0263. The van der Waals surface area contributed by atoms with Gasteiger partial charge in [0.1, 0.15) is 0 Å². The van der Waals surface area contributed by atoms with Crippen LogP contribution in [0.15, 0.2) is 6.07 Å². The van der Waals surface area contributed by atoms with Crippen molar-refractivity contribution < 1.29 is 14.6 Å². The van der Waals surface area contributed by atoms with Crippen LogP contribution in [-0.4, -0.2) is 47.8 Å². The molecule has 1 fully saturated rings. The number of hydrogen-bond acceptors (Lipinski definition) is 4. The van der Waals surface area contributed by atoms with Crippen molar-refractivity contribution in [2.24, 2.45) is 0 Å². The lowest BCUT2D eigenvalue weighted by Gasteiger charge is -2.35. The van der Waals surface area contributed by atoms with Gasteiger partial charge in [-0.15, -0.1) is 11.3 Å². The molecule has 2 heterocycles. The Morgan fingerprint density at radius 1 is 1.58 bits per heavy atom. The molecule has 2 unspecified atom stereocenters.